The Labute approximate surface area is 117 Å². The van der Waals surface area contributed by atoms with E-state index in [1.165, 1.54) is 0 Å². The highest BCUT2D eigenvalue weighted by molar-refractivity contribution is 5.93. The Morgan fingerprint density at radius 2 is 2.35 bits per heavy atom. The van der Waals surface area contributed by atoms with Crippen molar-refractivity contribution in [2.75, 3.05) is 13.1 Å². The first kappa shape index (κ1) is 11.9. The second kappa shape index (κ2) is 4.31. The number of nitrogens with one attached hydrogen (secondary N) is 2. The van der Waals surface area contributed by atoms with E-state index in [1.807, 2.05) is 28.8 Å². The molecule has 1 saturated heterocycles. The molecule has 3 heterocycles. The summed E-state index contributed by atoms with van der Waals surface area (Å²) in [5.74, 6) is 0.529. The monoisotopic (exact) mass is 270 g/mol. The summed E-state index contributed by atoms with van der Waals surface area (Å²) in [6.45, 7) is 2.09. The maximum atomic E-state index is 12.4. The number of rotatable bonds is 3. The molecule has 104 valence electrons. The lowest BCUT2D eigenvalue weighted by atomic mass is 9.96. The minimum absolute atomic E-state index is 0.0242. The molecule has 1 amide bonds. The Balaban J connectivity index is 1.55. The third kappa shape index (κ3) is 1.89. The highest BCUT2D eigenvalue weighted by atomic mass is 16.2. The van der Waals surface area contributed by atoms with Gasteiger partial charge in [-0.25, -0.2) is 4.98 Å². The standard InChI is InChI=1S/C15H18N4O/c20-14(12-10-19-8-2-1-3-13(19)17-12)18-15(5-6-15)11-4-7-16-9-11/h1-3,8,10-11,16H,4-7,9H2,(H,18,20). The van der Waals surface area contributed by atoms with Gasteiger partial charge in [-0.2, -0.15) is 0 Å². The number of aromatic nitrogens is 2. The van der Waals surface area contributed by atoms with Crippen molar-refractivity contribution < 1.29 is 4.79 Å². The topological polar surface area (TPSA) is 58.4 Å². The Kier molecular flexibility index (Phi) is 2.57. The lowest BCUT2D eigenvalue weighted by Gasteiger charge is -2.23. The van der Waals surface area contributed by atoms with Crippen molar-refractivity contribution in [2.45, 2.75) is 24.8 Å². The van der Waals surface area contributed by atoms with E-state index >= 15 is 0 Å². The molecule has 1 unspecified atom stereocenters. The summed E-state index contributed by atoms with van der Waals surface area (Å²) in [4.78, 5) is 16.8. The van der Waals surface area contributed by atoms with Crippen LogP contribution < -0.4 is 10.6 Å². The summed E-state index contributed by atoms with van der Waals surface area (Å²) in [6.07, 6.45) is 7.06. The normalized spacial score (nSPS) is 23.9. The van der Waals surface area contributed by atoms with Crippen LogP contribution in [0.5, 0.6) is 0 Å². The molecule has 4 rings (SSSR count). The number of carbonyl (C=O) groups is 1. The van der Waals surface area contributed by atoms with Crippen LogP contribution in [0.25, 0.3) is 5.65 Å². The maximum absolute atomic E-state index is 12.4. The highest BCUT2D eigenvalue weighted by Crippen LogP contribution is 2.44. The van der Waals surface area contributed by atoms with E-state index in [0.29, 0.717) is 11.6 Å². The molecule has 20 heavy (non-hydrogen) atoms. The Hall–Kier alpha value is -1.88. The summed E-state index contributed by atoms with van der Waals surface area (Å²) < 4.78 is 1.88. The van der Waals surface area contributed by atoms with Gasteiger partial charge >= 0.3 is 0 Å². The minimum Gasteiger partial charge on any atom is -0.345 e. The fraction of sp³-hybridized carbons (Fsp3) is 0.467. The van der Waals surface area contributed by atoms with Crippen LogP contribution >= 0.6 is 0 Å². The van der Waals surface area contributed by atoms with Gasteiger partial charge in [-0.15, -0.1) is 0 Å². The first-order valence-corrected chi connectivity index (χ1v) is 7.24. The molecule has 5 nitrogen and oxygen atoms in total. The molecule has 2 N–H and O–H groups in total. The SMILES string of the molecule is O=C(NC1(C2CCNC2)CC1)c1cn2ccccc2n1. The number of hydrogen-bond donors (Lipinski definition) is 2. The lowest BCUT2D eigenvalue weighted by molar-refractivity contribution is 0.0911. The van der Waals surface area contributed by atoms with Gasteiger partial charge in [0, 0.05) is 24.5 Å². The molecule has 5 heteroatoms. The van der Waals surface area contributed by atoms with Crippen molar-refractivity contribution >= 4 is 11.6 Å². The van der Waals surface area contributed by atoms with E-state index in [2.05, 4.69) is 15.6 Å². The summed E-state index contributed by atoms with van der Waals surface area (Å²) in [5.41, 5.74) is 1.34. The van der Waals surface area contributed by atoms with Crippen molar-refractivity contribution in [3.8, 4) is 0 Å². The molecule has 0 aromatic carbocycles. The van der Waals surface area contributed by atoms with Crippen LogP contribution in [0.2, 0.25) is 0 Å². The predicted molar refractivity (Wildman–Crippen MR) is 75.6 cm³/mol. The molecule has 2 fully saturated rings. The quantitative estimate of drug-likeness (QED) is 0.881. The van der Waals surface area contributed by atoms with Gasteiger partial charge in [0.1, 0.15) is 11.3 Å². The molecule has 2 aliphatic rings. The van der Waals surface area contributed by atoms with Gasteiger partial charge in [-0.05, 0) is 43.9 Å². The van der Waals surface area contributed by atoms with Crippen molar-refractivity contribution in [3.63, 3.8) is 0 Å². The van der Waals surface area contributed by atoms with E-state index in [0.717, 1.165) is 38.0 Å². The predicted octanol–water partition coefficient (Wildman–Crippen LogP) is 1.21. The van der Waals surface area contributed by atoms with Gasteiger partial charge < -0.3 is 15.0 Å². The summed E-state index contributed by atoms with van der Waals surface area (Å²) >= 11 is 0. The van der Waals surface area contributed by atoms with Crippen LogP contribution in [0.3, 0.4) is 0 Å². The van der Waals surface area contributed by atoms with E-state index in [1.54, 1.807) is 6.20 Å². The van der Waals surface area contributed by atoms with Gasteiger partial charge in [0.25, 0.3) is 5.91 Å². The summed E-state index contributed by atoms with van der Waals surface area (Å²) in [6, 6.07) is 5.77. The number of nitrogens with zero attached hydrogens (tertiary/aromatic N) is 2. The molecule has 2 aromatic heterocycles. The largest absolute Gasteiger partial charge is 0.345 e. The van der Waals surface area contributed by atoms with E-state index in [-0.39, 0.29) is 11.4 Å². The van der Waals surface area contributed by atoms with Crippen LogP contribution in [-0.2, 0) is 0 Å². The van der Waals surface area contributed by atoms with Crippen LogP contribution in [0, 0.1) is 5.92 Å². The molecule has 0 spiro atoms. The number of carbonyl (C=O) groups excluding carboxylic acids is 1. The van der Waals surface area contributed by atoms with Gasteiger partial charge in [-0.1, -0.05) is 6.07 Å². The molecule has 1 saturated carbocycles. The molecule has 1 aliphatic carbocycles. The Bertz CT molecular complexity index is 620. The average molecular weight is 270 g/mol. The molecule has 2 aromatic rings. The van der Waals surface area contributed by atoms with E-state index in [4.69, 9.17) is 0 Å². The molecular weight excluding hydrogens is 252 g/mol. The van der Waals surface area contributed by atoms with Crippen LogP contribution in [0.1, 0.15) is 29.8 Å². The average Bonchev–Trinajstić information content (AvgIpc) is 2.95. The smallest absolute Gasteiger partial charge is 0.271 e. The molecule has 0 radical (unpaired) electrons. The first-order chi connectivity index (χ1) is 9.77. The summed E-state index contributed by atoms with van der Waals surface area (Å²) in [5, 5.41) is 6.61. The van der Waals surface area contributed by atoms with Gasteiger partial charge in [-0.3, -0.25) is 4.79 Å². The van der Waals surface area contributed by atoms with Gasteiger partial charge in [0.2, 0.25) is 0 Å². The van der Waals surface area contributed by atoms with Crippen LogP contribution in [0.15, 0.2) is 30.6 Å². The third-order valence-corrected chi connectivity index (χ3v) is 4.59. The second-order valence-corrected chi connectivity index (χ2v) is 5.89. The molecule has 0 bridgehead atoms. The zero-order valence-corrected chi connectivity index (χ0v) is 11.3. The van der Waals surface area contributed by atoms with Crippen molar-refractivity contribution in [2.24, 2.45) is 5.92 Å². The fourth-order valence-electron chi connectivity index (χ4n) is 3.23. The number of hydrogen-bond acceptors (Lipinski definition) is 3. The maximum Gasteiger partial charge on any atom is 0.271 e. The van der Waals surface area contributed by atoms with E-state index in [9.17, 15) is 4.79 Å². The highest BCUT2D eigenvalue weighted by Gasteiger charge is 2.51. The van der Waals surface area contributed by atoms with Gasteiger partial charge in [0.05, 0.1) is 0 Å². The van der Waals surface area contributed by atoms with Crippen molar-refractivity contribution in [3.05, 3.63) is 36.3 Å². The summed E-state index contributed by atoms with van der Waals surface area (Å²) in [7, 11) is 0. The van der Waals surface area contributed by atoms with Crippen molar-refractivity contribution in [1.29, 1.82) is 0 Å². The van der Waals surface area contributed by atoms with Crippen molar-refractivity contribution in [1.82, 2.24) is 20.0 Å². The molecular formula is C15H18N4O. The number of imidazole rings is 1. The number of fused-ring (bicyclic) bond motifs is 1. The Morgan fingerprint density at radius 3 is 3.05 bits per heavy atom. The van der Waals surface area contributed by atoms with Gasteiger partial charge in [0.15, 0.2) is 0 Å². The first-order valence-electron chi connectivity index (χ1n) is 7.24. The second-order valence-electron chi connectivity index (χ2n) is 5.89. The number of amides is 1. The molecule has 1 aliphatic heterocycles. The lowest BCUT2D eigenvalue weighted by Crippen LogP contribution is -2.43. The zero-order chi connectivity index (χ0) is 13.6. The zero-order valence-electron chi connectivity index (χ0n) is 11.3. The van der Waals surface area contributed by atoms with Crippen LogP contribution in [0.4, 0.5) is 0 Å². The number of pyridine rings is 1. The minimum atomic E-state index is -0.0434. The molecule has 1 atom stereocenters. The van der Waals surface area contributed by atoms with E-state index < -0.39 is 0 Å². The van der Waals surface area contributed by atoms with Crippen LogP contribution in [-0.4, -0.2) is 33.9 Å². The fourth-order valence-corrected chi connectivity index (χ4v) is 3.23. The third-order valence-electron chi connectivity index (χ3n) is 4.59. The Morgan fingerprint density at radius 1 is 1.45 bits per heavy atom.